The van der Waals surface area contributed by atoms with Crippen molar-refractivity contribution in [3.8, 4) is 11.4 Å². The number of rotatable bonds is 6. The van der Waals surface area contributed by atoms with E-state index in [-0.39, 0.29) is 11.7 Å². The van der Waals surface area contributed by atoms with Gasteiger partial charge in [-0.3, -0.25) is 10.1 Å². The summed E-state index contributed by atoms with van der Waals surface area (Å²) in [5.41, 5.74) is 2.20. The molecule has 0 saturated carbocycles. The molecule has 2 heterocycles. The Kier molecular flexibility index (Phi) is 5.44. The van der Waals surface area contributed by atoms with Crippen LogP contribution in [0.25, 0.3) is 11.4 Å². The van der Waals surface area contributed by atoms with Crippen molar-refractivity contribution in [2.24, 2.45) is 0 Å². The fourth-order valence-corrected chi connectivity index (χ4v) is 3.75. The summed E-state index contributed by atoms with van der Waals surface area (Å²) < 4.78 is 2.02. The van der Waals surface area contributed by atoms with Gasteiger partial charge in [0, 0.05) is 12.1 Å². The van der Waals surface area contributed by atoms with Crippen LogP contribution in [0.2, 0.25) is 0 Å². The summed E-state index contributed by atoms with van der Waals surface area (Å²) in [6.07, 6.45) is 0. The van der Waals surface area contributed by atoms with Crippen LogP contribution in [0.15, 0.2) is 29.4 Å². The number of amides is 1. The van der Waals surface area contributed by atoms with Gasteiger partial charge in [-0.1, -0.05) is 47.4 Å². The summed E-state index contributed by atoms with van der Waals surface area (Å²) in [5.74, 6) is 0.928. The maximum absolute atomic E-state index is 12.1. The van der Waals surface area contributed by atoms with E-state index < -0.39 is 0 Å². The molecule has 3 aromatic rings. The highest BCUT2D eigenvalue weighted by Crippen LogP contribution is 2.26. The van der Waals surface area contributed by atoms with E-state index in [1.807, 2.05) is 49.6 Å². The van der Waals surface area contributed by atoms with Gasteiger partial charge in [0.2, 0.25) is 11.0 Å². The molecule has 2 aromatic heterocycles. The number of anilines is 1. The van der Waals surface area contributed by atoms with Crippen molar-refractivity contribution >= 4 is 34.1 Å². The van der Waals surface area contributed by atoms with Gasteiger partial charge < -0.3 is 4.57 Å². The Hall–Kier alpha value is -2.26. The predicted molar refractivity (Wildman–Crippen MR) is 99.9 cm³/mol. The standard InChI is InChI=1S/C16H18N6OS2/c1-4-22-14(12-8-6-5-7-10(12)2)19-21-16(22)24-9-13(23)17-15-20-18-11(3)25-15/h5-8H,4,9H2,1-3H3,(H,17,20,23). The Labute approximate surface area is 153 Å². The number of hydrogen-bond donors (Lipinski definition) is 1. The molecule has 25 heavy (non-hydrogen) atoms. The third-order valence-electron chi connectivity index (χ3n) is 3.52. The first-order chi connectivity index (χ1) is 12.1. The normalized spacial score (nSPS) is 10.8. The van der Waals surface area contributed by atoms with Gasteiger partial charge in [0.15, 0.2) is 11.0 Å². The topological polar surface area (TPSA) is 85.6 Å². The molecule has 0 bridgehead atoms. The molecule has 7 nitrogen and oxygen atoms in total. The first-order valence-corrected chi connectivity index (χ1v) is 9.60. The Balaban J connectivity index is 1.71. The van der Waals surface area contributed by atoms with Crippen LogP contribution in [0.1, 0.15) is 17.5 Å². The molecular weight excluding hydrogens is 356 g/mol. The second kappa shape index (κ2) is 7.75. The van der Waals surface area contributed by atoms with Crippen molar-refractivity contribution in [3.63, 3.8) is 0 Å². The van der Waals surface area contributed by atoms with Crippen LogP contribution in [-0.4, -0.2) is 36.6 Å². The summed E-state index contributed by atoms with van der Waals surface area (Å²) in [6.45, 7) is 6.67. The van der Waals surface area contributed by atoms with Gasteiger partial charge >= 0.3 is 0 Å². The van der Waals surface area contributed by atoms with Crippen molar-refractivity contribution in [1.29, 1.82) is 0 Å². The number of aryl methyl sites for hydroxylation is 2. The summed E-state index contributed by atoms with van der Waals surface area (Å²) in [6, 6.07) is 8.07. The molecule has 1 amide bonds. The van der Waals surface area contributed by atoms with Gasteiger partial charge in [0.25, 0.3) is 0 Å². The average molecular weight is 374 g/mol. The Morgan fingerprint density at radius 3 is 2.68 bits per heavy atom. The van der Waals surface area contributed by atoms with Gasteiger partial charge in [-0.2, -0.15) is 0 Å². The maximum Gasteiger partial charge on any atom is 0.236 e. The lowest BCUT2D eigenvalue weighted by Crippen LogP contribution is -2.14. The molecule has 0 saturated heterocycles. The molecule has 0 aliphatic heterocycles. The monoisotopic (exact) mass is 374 g/mol. The van der Waals surface area contributed by atoms with Crippen LogP contribution in [-0.2, 0) is 11.3 Å². The van der Waals surface area contributed by atoms with Gasteiger partial charge in [-0.25, -0.2) is 0 Å². The van der Waals surface area contributed by atoms with Crippen molar-refractivity contribution in [2.75, 3.05) is 11.1 Å². The molecule has 130 valence electrons. The number of nitrogens with zero attached hydrogens (tertiary/aromatic N) is 5. The van der Waals surface area contributed by atoms with E-state index in [4.69, 9.17) is 0 Å². The molecular formula is C16H18N6OS2. The third-order valence-corrected chi connectivity index (χ3v) is 5.24. The van der Waals surface area contributed by atoms with Crippen LogP contribution in [0.3, 0.4) is 0 Å². The molecule has 0 atom stereocenters. The minimum atomic E-state index is -0.135. The lowest BCUT2D eigenvalue weighted by atomic mass is 10.1. The number of carbonyl (C=O) groups is 1. The molecule has 0 unspecified atom stereocenters. The number of carbonyl (C=O) groups excluding carboxylic acids is 1. The minimum absolute atomic E-state index is 0.135. The van der Waals surface area contributed by atoms with Crippen LogP contribution in [0, 0.1) is 13.8 Å². The second-order valence-electron chi connectivity index (χ2n) is 5.33. The molecule has 9 heteroatoms. The molecule has 0 aliphatic carbocycles. The Morgan fingerprint density at radius 1 is 1.20 bits per heavy atom. The smallest absolute Gasteiger partial charge is 0.236 e. The molecule has 1 aromatic carbocycles. The first-order valence-electron chi connectivity index (χ1n) is 7.80. The van der Waals surface area contributed by atoms with E-state index in [0.717, 1.165) is 33.7 Å². The summed E-state index contributed by atoms with van der Waals surface area (Å²) >= 11 is 2.71. The average Bonchev–Trinajstić information content (AvgIpc) is 3.19. The van der Waals surface area contributed by atoms with Gasteiger partial charge in [-0.05, 0) is 26.3 Å². The van der Waals surface area contributed by atoms with E-state index in [0.29, 0.717) is 5.13 Å². The highest BCUT2D eigenvalue weighted by atomic mass is 32.2. The third kappa shape index (κ3) is 4.05. The van der Waals surface area contributed by atoms with Crippen molar-refractivity contribution in [1.82, 2.24) is 25.0 Å². The van der Waals surface area contributed by atoms with Crippen LogP contribution >= 0.6 is 23.1 Å². The largest absolute Gasteiger partial charge is 0.302 e. The zero-order chi connectivity index (χ0) is 17.8. The summed E-state index contributed by atoms with van der Waals surface area (Å²) in [4.78, 5) is 12.1. The van der Waals surface area contributed by atoms with Crippen LogP contribution in [0.4, 0.5) is 5.13 Å². The molecule has 0 spiro atoms. The van der Waals surface area contributed by atoms with E-state index >= 15 is 0 Å². The van der Waals surface area contributed by atoms with E-state index in [9.17, 15) is 4.79 Å². The van der Waals surface area contributed by atoms with Crippen molar-refractivity contribution in [2.45, 2.75) is 32.5 Å². The SMILES string of the molecule is CCn1c(SCC(=O)Nc2nnc(C)s2)nnc1-c1ccccc1C. The summed E-state index contributed by atoms with van der Waals surface area (Å²) in [7, 11) is 0. The zero-order valence-electron chi connectivity index (χ0n) is 14.2. The highest BCUT2D eigenvalue weighted by molar-refractivity contribution is 7.99. The number of nitrogens with one attached hydrogen (secondary N) is 1. The quantitative estimate of drug-likeness (QED) is 0.667. The van der Waals surface area contributed by atoms with Gasteiger partial charge in [0.05, 0.1) is 5.75 Å². The van der Waals surface area contributed by atoms with E-state index in [2.05, 4.69) is 25.7 Å². The predicted octanol–water partition coefficient (Wildman–Crippen LogP) is 3.16. The molecule has 0 radical (unpaired) electrons. The Bertz CT molecular complexity index is 888. The fourth-order valence-electron chi connectivity index (χ4n) is 2.34. The van der Waals surface area contributed by atoms with Crippen LogP contribution in [0.5, 0.6) is 0 Å². The molecule has 0 fully saturated rings. The molecule has 0 aliphatic rings. The Morgan fingerprint density at radius 2 is 2.00 bits per heavy atom. The lowest BCUT2D eigenvalue weighted by Gasteiger charge is -2.09. The van der Waals surface area contributed by atoms with E-state index in [1.54, 1.807) is 0 Å². The van der Waals surface area contributed by atoms with Crippen molar-refractivity contribution < 1.29 is 4.79 Å². The fraction of sp³-hybridized carbons (Fsp3) is 0.312. The maximum atomic E-state index is 12.1. The van der Waals surface area contributed by atoms with Crippen LogP contribution < -0.4 is 5.32 Å². The summed E-state index contributed by atoms with van der Waals surface area (Å²) in [5, 5.41) is 21.2. The molecule has 3 rings (SSSR count). The van der Waals surface area contributed by atoms with Crippen molar-refractivity contribution in [3.05, 3.63) is 34.8 Å². The van der Waals surface area contributed by atoms with Gasteiger partial charge in [-0.15, -0.1) is 20.4 Å². The first kappa shape index (κ1) is 17.6. The zero-order valence-corrected chi connectivity index (χ0v) is 15.8. The number of hydrogen-bond acceptors (Lipinski definition) is 7. The van der Waals surface area contributed by atoms with E-state index in [1.165, 1.54) is 23.1 Å². The highest BCUT2D eigenvalue weighted by Gasteiger charge is 2.16. The minimum Gasteiger partial charge on any atom is -0.302 e. The molecule has 1 N–H and O–H groups in total. The lowest BCUT2D eigenvalue weighted by molar-refractivity contribution is -0.113. The van der Waals surface area contributed by atoms with Gasteiger partial charge in [0.1, 0.15) is 5.01 Å². The number of thioether (sulfide) groups is 1. The second-order valence-corrected chi connectivity index (χ2v) is 7.45. The number of benzene rings is 1. The number of aromatic nitrogens is 5.